The Bertz CT molecular complexity index is 766. The number of aromatic nitrogens is 4. The molecule has 2 N–H and O–H groups in total. The van der Waals surface area contributed by atoms with E-state index in [0.717, 1.165) is 22.9 Å². The van der Waals surface area contributed by atoms with Gasteiger partial charge in [0.2, 0.25) is 0 Å². The van der Waals surface area contributed by atoms with Crippen molar-refractivity contribution < 1.29 is 4.79 Å². The van der Waals surface area contributed by atoms with E-state index in [-0.39, 0.29) is 5.91 Å². The maximum Gasteiger partial charge on any atom is 0.271 e. The van der Waals surface area contributed by atoms with Crippen LogP contribution < -0.4 is 10.6 Å². The van der Waals surface area contributed by atoms with Gasteiger partial charge < -0.3 is 10.6 Å². The van der Waals surface area contributed by atoms with E-state index in [2.05, 4.69) is 25.7 Å². The van der Waals surface area contributed by atoms with Crippen molar-refractivity contribution in [1.82, 2.24) is 25.1 Å². The highest BCUT2D eigenvalue weighted by molar-refractivity contribution is 7.13. The molecule has 118 valence electrons. The highest BCUT2D eigenvalue weighted by atomic mass is 32.1. The van der Waals surface area contributed by atoms with E-state index in [0.29, 0.717) is 12.2 Å². The Hall–Kier alpha value is -2.74. The highest BCUT2D eigenvalue weighted by Crippen LogP contribution is 2.15. The van der Waals surface area contributed by atoms with Crippen LogP contribution in [0.5, 0.6) is 0 Å². The molecule has 0 saturated heterocycles. The molecule has 0 radical (unpaired) electrons. The van der Waals surface area contributed by atoms with E-state index in [1.807, 2.05) is 31.2 Å². The maximum absolute atomic E-state index is 12.1. The maximum atomic E-state index is 12.1. The summed E-state index contributed by atoms with van der Waals surface area (Å²) < 4.78 is 1.68. The summed E-state index contributed by atoms with van der Waals surface area (Å²) in [5.41, 5.74) is 2.36. The van der Waals surface area contributed by atoms with E-state index < -0.39 is 0 Å². The molecule has 0 aliphatic carbocycles. The lowest BCUT2D eigenvalue weighted by atomic mass is 10.2. The molecular weight excluding hydrogens is 312 g/mol. The first-order valence-electron chi connectivity index (χ1n) is 7.18. The van der Waals surface area contributed by atoms with Crippen LogP contribution in [0.4, 0.5) is 5.13 Å². The Labute approximate surface area is 137 Å². The van der Waals surface area contributed by atoms with Crippen molar-refractivity contribution in [2.24, 2.45) is 0 Å². The third-order valence-corrected chi connectivity index (χ3v) is 3.94. The lowest BCUT2D eigenvalue weighted by molar-refractivity contribution is 0.0946. The van der Waals surface area contributed by atoms with Crippen LogP contribution in [0.3, 0.4) is 0 Å². The first-order valence-corrected chi connectivity index (χ1v) is 8.06. The van der Waals surface area contributed by atoms with Crippen LogP contribution in [0.25, 0.3) is 5.69 Å². The predicted octanol–water partition coefficient (Wildman–Crippen LogP) is 2.09. The lowest BCUT2D eigenvalue weighted by Crippen LogP contribution is -2.23. The molecule has 0 aliphatic rings. The molecule has 0 unspecified atom stereocenters. The fourth-order valence-electron chi connectivity index (χ4n) is 1.99. The van der Waals surface area contributed by atoms with Gasteiger partial charge in [0.1, 0.15) is 18.3 Å². The summed E-state index contributed by atoms with van der Waals surface area (Å²) >= 11 is 1.43. The third-order valence-electron chi connectivity index (χ3n) is 3.14. The molecule has 7 nitrogen and oxygen atoms in total. The molecule has 0 fully saturated rings. The molecule has 0 bridgehead atoms. The van der Waals surface area contributed by atoms with Gasteiger partial charge in [0.05, 0.1) is 5.69 Å². The average molecular weight is 328 g/mol. The van der Waals surface area contributed by atoms with Gasteiger partial charge in [-0.1, -0.05) is 12.1 Å². The fraction of sp³-hybridized carbons (Fsp3) is 0.200. The van der Waals surface area contributed by atoms with Gasteiger partial charge in [0.25, 0.3) is 5.91 Å². The predicted molar refractivity (Wildman–Crippen MR) is 88.8 cm³/mol. The number of nitrogens with zero attached hydrogens (tertiary/aromatic N) is 4. The molecule has 2 aromatic heterocycles. The number of benzene rings is 1. The van der Waals surface area contributed by atoms with Gasteiger partial charge >= 0.3 is 0 Å². The quantitative estimate of drug-likeness (QED) is 0.724. The number of carbonyl (C=O) groups is 1. The molecule has 0 aliphatic heterocycles. The minimum atomic E-state index is -0.175. The zero-order valence-electron chi connectivity index (χ0n) is 12.6. The number of amides is 1. The summed E-state index contributed by atoms with van der Waals surface area (Å²) in [7, 11) is 0. The van der Waals surface area contributed by atoms with Gasteiger partial charge in [-0.25, -0.2) is 14.6 Å². The molecule has 1 amide bonds. The zero-order chi connectivity index (χ0) is 16.1. The minimum Gasteiger partial charge on any atom is -0.362 e. The van der Waals surface area contributed by atoms with Crippen LogP contribution in [0.1, 0.15) is 23.0 Å². The van der Waals surface area contributed by atoms with Crippen molar-refractivity contribution in [2.75, 3.05) is 11.9 Å². The second kappa shape index (κ2) is 7.01. The molecule has 3 aromatic rings. The molecule has 0 spiro atoms. The van der Waals surface area contributed by atoms with Gasteiger partial charge in [0, 0.05) is 18.5 Å². The van der Waals surface area contributed by atoms with E-state index >= 15 is 0 Å². The number of anilines is 1. The Morgan fingerprint density at radius 1 is 1.30 bits per heavy atom. The zero-order valence-corrected chi connectivity index (χ0v) is 13.4. The molecule has 0 atom stereocenters. The summed E-state index contributed by atoms with van der Waals surface area (Å²) in [4.78, 5) is 20.2. The number of rotatable bonds is 6. The average Bonchev–Trinajstić information content (AvgIpc) is 3.25. The molecule has 2 heterocycles. The van der Waals surface area contributed by atoms with Gasteiger partial charge in [-0.15, -0.1) is 11.3 Å². The van der Waals surface area contributed by atoms with Gasteiger partial charge in [0.15, 0.2) is 5.13 Å². The van der Waals surface area contributed by atoms with Crippen molar-refractivity contribution in [3.63, 3.8) is 0 Å². The molecule has 3 rings (SSSR count). The van der Waals surface area contributed by atoms with Crippen LogP contribution in [0.15, 0.2) is 42.3 Å². The smallest absolute Gasteiger partial charge is 0.271 e. The van der Waals surface area contributed by atoms with Crippen LogP contribution >= 0.6 is 11.3 Å². The second-order valence-electron chi connectivity index (χ2n) is 4.76. The van der Waals surface area contributed by atoms with Crippen LogP contribution in [-0.2, 0) is 6.54 Å². The van der Waals surface area contributed by atoms with E-state index in [1.54, 1.807) is 16.4 Å². The first-order chi connectivity index (χ1) is 11.3. The van der Waals surface area contributed by atoms with E-state index in [4.69, 9.17) is 0 Å². The number of carbonyl (C=O) groups excluding carboxylic acids is 1. The number of nitrogens with one attached hydrogen (secondary N) is 2. The lowest BCUT2D eigenvalue weighted by Gasteiger charge is -2.05. The van der Waals surface area contributed by atoms with Crippen molar-refractivity contribution >= 4 is 22.4 Å². The van der Waals surface area contributed by atoms with Crippen molar-refractivity contribution in [1.29, 1.82) is 0 Å². The summed E-state index contributed by atoms with van der Waals surface area (Å²) in [5, 5.41) is 12.5. The van der Waals surface area contributed by atoms with Crippen LogP contribution in [0, 0.1) is 0 Å². The second-order valence-corrected chi connectivity index (χ2v) is 5.62. The Morgan fingerprint density at radius 2 is 2.13 bits per heavy atom. The Kier molecular flexibility index (Phi) is 4.62. The number of hydrogen-bond acceptors (Lipinski definition) is 6. The van der Waals surface area contributed by atoms with Crippen LogP contribution in [0.2, 0.25) is 0 Å². The van der Waals surface area contributed by atoms with Crippen molar-refractivity contribution in [3.8, 4) is 5.69 Å². The van der Waals surface area contributed by atoms with Crippen LogP contribution in [-0.4, -0.2) is 32.2 Å². The molecule has 8 heteroatoms. The standard InChI is InChI=1S/C15H16N6OS/c1-2-17-15-20-13(8-23-15)14(22)18-7-11-3-5-12(6-4-11)21-10-16-9-19-21/h3-6,8-10H,2,7H2,1H3,(H,17,20)(H,18,22). The summed E-state index contributed by atoms with van der Waals surface area (Å²) in [6, 6.07) is 7.76. The van der Waals surface area contributed by atoms with Gasteiger partial charge in [-0.2, -0.15) is 5.10 Å². The summed E-state index contributed by atoms with van der Waals surface area (Å²) in [5.74, 6) is -0.175. The van der Waals surface area contributed by atoms with Gasteiger partial charge in [-0.05, 0) is 24.6 Å². The van der Waals surface area contributed by atoms with E-state index in [1.165, 1.54) is 17.7 Å². The summed E-state index contributed by atoms with van der Waals surface area (Å²) in [6.07, 6.45) is 3.13. The van der Waals surface area contributed by atoms with Crippen molar-refractivity contribution in [3.05, 3.63) is 53.6 Å². The first kappa shape index (κ1) is 15.2. The summed E-state index contributed by atoms with van der Waals surface area (Å²) in [6.45, 7) is 3.22. The normalized spacial score (nSPS) is 10.5. The topological polar surface area (TPSA) is 84.7 Å². The molecule has 1 aromatic carbocycles. The monoisotopic (exact) mass is 328 g/mol. The minimum absolute atomic E-state index is 0.175. The molecule has 23 heavy (non-hydrogen) atoms. The van der Waals surface area contributed by atoms with E-state index in [9.17, 15) is 4.79 Å². The molecular formula is C15H16N6OS. The Balaban J connectivity index is 1.58. The fourth-order valence-corrected chi connectivity index (χ4v) is 2.75. The molecule has 0 saturated carbocycles. The van der Waals surface area contributed by atoms with Crippen molar-refractivity contribution in [2.45, 2.75) is 13.5 Å². The third kappa shape index (κ3) is 3.72. The highest BCUT2D eigenvalue weighted by Gasteiger charge is 2.10. The largest absolute Gasteiger partial charge is 0.362 e. The number of hydrogen-bond donors (Lipinski definition) is 2. The Morgan fingerprint density at radius 3 is 2.83 bits per heavy atom. The van der Waals surface area contributed by atoms with Gasteiger partial charge in [-0.3, -0.25) is 4.79 Å². The SMILES string of the molecule is CCNc1nc(C(=O)NCc2ccc(-n3cncn3)cc2)cs1. The number of thiazole rings is 1.